The first kappa shape index (κ1) is 15.1. The number of para-hydroxylation sites is 2. The third-order valence-corrected chi connectivity index (χ3v) is 4.02. The van der Waals surface area contributed by atoms with E-state index in [2.05, 4.69) is 0 Å². The number of furan rings is 1. The fourth-order valence-electron chi connectivity index (χ4n) is 2.78. The standard InChI is InChI=1S/C17H18N2O4/c1-12-16(20)19(13-6-3-4-7-14(13)22-2)10-9-18(12)17(21)15-8-5-11-23-15/h3-8,11-12H,9-10H2,1-2H3. The minimum absolute atomic E-state index is 0.138. The van der Waals surface area contributed by atoms with Crippen molar-refractivity contribution < 1.29 is 18.7 Å². The largest absolute Gasteiger partial charge is 0.495 e. The first-order chi connectivity index (χ1) is 11.1. The van der Waals surface area contributed by atoms with E-state index >= 15 is 0 Å². The highest BCUT2D eigenvalue weighted by atomic mass is 16.5. The van der Waals surface area contributed by atoms with Gasteiger partial charge in [-0.05, 0) is 31.2 Å². The molecule has 0 spiro atoms. The number of carbonyl (C=O) groups excluding carboxylic acids is 2. The number of hydrogen-bond donors (Lipinski definition) is 0. The molecule has 6 heteroatoms. The molecular weight excluding hydrogens is 296 g/mol. The lowest BCUT2D eigenvalue weighted by Crippen LogP contribution is -2.57. The summed E-state index contributed by atoms with van der Waals surface area (Å²) < 4.78 is 10.5. The van der Waals surface area contributed by atoms with Crippen LogP contribution in [0.2, 0.25) is 0 Å². The van der Waals surface area contributed by atoms with E-state index in [1.807, 2.05) is 24.3 Å². The van der Waals surface area contributed by atoms with Crippen LogP contribution in [0.15, 0.2) is 47.1 Å². The number of anilines is 1. The van der Waals surface area contributed by atoms with Gasteiger partial charge >= 0.3 is 0 Å². The van der Waals surface area contributed by atoms with E-state index in [1.54, 1.807) is 31.1 Å². The Kier molecular flexibility index (Phi) is 4.06. The summed E-state index contributed by atoms with van der Waals surface area (Å²) >= 11 is 0. The molecule has 0 aliphatic carbocycles. The summed E-state index contributed by atoms with van der Waals surface area (Å²) in [6, 6.07) is 10.1. The Morgan fingerprint density at radius 1 is 1.22 bits per heavy atom. The molecule has 1 aliphatic heterocycles. The molecular formula is C17H18N2O4. The second-order valence-electron chi connectivity index (χ2n) is 5.31. The van der Waals surface area contributed by atoms with Gasteiger partial charge in [-0.25, -0.2) is 0 Å². The minimum atomic E-state index is -0.564. The van der Waals surface area contributed by atoms with Crippen LogP contribution in [0.25, 0.3) is 0 Å². The normalized spacial score (nSPS) is 18.2. The van der Waals surface area contributed by atoms with Crippen LogP contribution in [0.3, 0.4) is 0 Å². The molecule has 2 heterocycles. The average molecular weight is 314 g/mol. The lowest BCUT2D eigenvalue weighted by Gasteiger charge is -2.39. The summed E-state index contributed by atoms with van der Waals surface area (Å²) in [6.07, 6.45) is 1.45. The van der Waals surface area contributed by atoms with Gasteiger partial charge in [-0.2, -0.15) is 0 Å². The molecule has 1 fully saturated rings. The fourth-order valence-corrected chi connectivity index (χ4v) is 2.78. The smallest absolute Gasteiger partial charge is 0.290 e. The Labute approximate surface area is 134 Å². The van der Waals surface area contributed by atoms with Crippen molar-refractivity contribution in [1.29, 1.82) is 0 Å². The lowest BCUT2D eigenvalue weighted by molar-refractivity contribution is -0.124. The molecule has 0 saturated carbocycles. The number of nitrogens with zero attached hydrogens (tertiary/aromatic N) is 2. The molecule has 1 aromatic carbocycles. The van der Waals surface area contributed by atoms with Gasteiger partial charge in [-0.15, -0.1) is 0 Å². The summed E-state index contributed by atoms with van der Waals surface area (Å²) in [6.45, 7) is 2.57. The van der Waals surface area contributed by atoms with Gasteiger partial charge in [0.05, 0.1) is 19.1 Å². The van der Waals surface area contributed by atoms with Gasteiger partial charge in [0.1, 0.15) is 11.8 Å². The van der Waals surface area contributed by atoms with Gasteiger partial charge in [-0.3, -0.25) is 9.59 Å². The van der Waals surface area contributed by atoms with Crippen molar-refractivity contribution in [2.45, 2.75) is 13.0 Å². The number of amides is 2. The molecule has 1 aliphatic rings. The Morgan fingerprint density at radius 2 is 2.00 bits per heavy atom. The second kappa shape index (κ2) is 6.16. The summed E-state index contributed by atoms with van der Waals surface area (Å²) in [4.78, 5) is 28.3. The van der Waals surface area contributed by atoms with Crippen molar-refractivity contribution in [3.63, 3.8) is 0 Å². The zero-order valence-electron chi connectivity index (χ0n) is 13.1. The van der Waals surface area contributed by atoms with Crippen molar-refractivity contribution in [3.05, 3.63) is 48.4 Å². The Hall–Kier alpha value is -2.76. The van der Waals surface area contributed by atoms with Crippen LogP contribution in [-0.4, -0.2) is 43.0 Å². The number of hydrogen-bond acceptors (Lipinski definition) is 4. The van der Waals surface area contributed by atoms with Gasteiger partial charge < -0.3 is 19.0 Å². The number of rotatable bonds is 3. The second-order valence-corrected chi connectivity index (χ2v) is 5.31. The predicted octanol–water partition coefficient (Wildman–Crippen LogP) is 2.17. The molecule has 0 radical (unpaired) electrons. The predicted molar refractivity (Wildman–Crippen MR) is 84.6 cm³/mol. The third-order valence-electron chi connectivity index (χ3n) is 4.02. The molecule has 1 aromatic heterocycles. The number of benzene rings is 1. The Bertz CT molecular complexity index is 711. The van der Waals surface area contributed by atoms with Crippen molar-refractivity contribution >= 4 is 17.5 Å². The van der Waals surface area contributed by atoms with Crippen LogP contribution >= 0.6 is 0 Å². The molecule has 1 saturated heterocycles. The monoisotopic (exact) mass is 314 g/mol. The quantitative estimate of drug-likeness (QED) is 0.871. The van der Waals surface area contributed by atoms with Crippen LogP contribution < -0.4 is 9.64 Å². The summed E-state index contributed by atoms with van der Waals surface area (Å²) in [5.74, 6) is 0.477. The van der Waals surface area contributed by atoms with Gasteiger partial charge in [-0.1, -0.05) is 12.1 Å². The molecule has 6 nitrogen and oxygen atoms in total. The van der Waals surface area contributed by atoms with Crippen LogP contribution in [0.1, 0.15) is 17.5 Å². The lowest BCUT2D eigenvalue weighted by atomic mass is 10.1. The van der Waals surface area contributed by atoms with Crippen LogP contribution in [0.5, 0.6) is 5.75 Å². The van der Waals surface area contributed by atoms with E-state index in [-0.39, 0.29) is 17.6 Å². The van der Waals surface area contributed by atoms with Crippen molar-refractivity contribution in [1.82, 2.24) is 4.90 Å². The molecule has 120 valence electrons. The fraction of sp³-hybridized carbons (Fsp3) is 0.294. The summed E-state index contributed by atoms with van der Waals surface area (Å²) in [5.41, 5.74) is 0.719. The number of carbonyl (C=O) groups is 2. The van der Waals surface area contributed by atoms with E-state index in [0.29, 0.717) is 18.8 Å². The van der Waals surface area contributed by atoms with E-state index in [9.17, 15) is 9.59 Å². The van der Waals surface area contributed by atoms with E-state index in [0.717, 1.165) is 5.69 Å². The minimum Gasteiger partial charge on any atom is -0.495 e. The maximum Gasteiger partial charge on any atom is 0.290 e. The first-order valence-electron chi connectivity index (χ1n) is 7.42. The molecule has 1 unspecified atom stereocenters. The zero-order valence-corrected chi connectivity index (χ0v) is 13.1. The molecule has 2 aromatic rings. The van der Waals surface area contributed by atoms with Crippen molar-refractivity contribution in [3.8, 4) is 5.75 Å². The SMILES string of the molecule is COc1ccccc1N1CCN(C(=O)c2ccco2)C(C)C1=O. The Morgan fingerprint density at radius 3 is 2.70 bits per heavy atom. The van der Waals surface area contributed by atoms with E-state index in [4.69, 9.17) is 9.15 Å². The highest BCUT2D eigenvalue weighted by Gasteiger charge is 2.36. The zero-order chi connectivity index (χ0) is 16.4. The van der Waals surface area contributed by atoms with Crippen LogP contribution in [0, 0.1) is 0 Å². The molecule has 0 bridgehead atoms. The van der Waals surface area contributed by atoms with Crippen molar-refractivity contribution in [2.75, 3.05) is 25.1 Å². The van der Waals surface area contributed by atoms with Crippen LogP contribution in [-0.2, 0) is 4.79 Å². The first-order valence-corrected chi connectivity index (χ1v) is 7.42. The molecule has 23 heavy (non-hydrogen) atoms. The maximum atomic E-state index is 12.7. The van der Waals surface area contributed by atoms with Crippen molar-refractivity contribution in [2.24, 2.45) is 0 Å². The number of piperazine rings is 1. The molecule has 2 amide bonds. The van der Waals surface area contributed by atoms with E-state index in [1.165, 1.54) is 11.2 Å². The van der Waals surface area contributed by atoms with E-state index < -0.39 is 6.04 Å². The summed E-state index contributed by atoms with van der Waals surface area (Å²) in [7, 11) is 1.57. The van der Waals surface area contributed by atoms with Crippen LogP contribution in [0.4, 0.5) is 5.69 Å². The van der Waals surface area contributed by atoms with Gasteiger partial charge in [0, 0.05) is 13.1 Å². The molecule has 3 rings (SSSR count). The third kappa shape index (κ3) is 2.67. The molecule has 1 atom stereocenters. The van der Waals surface area contributed by atoms with Gasteiger partial charge in [0.15, 0.2) is 5.76 Å². The highest BCUT2D eigenvalue weighted by molar-refractivity contribution is 6.03. The topological polar surface area (TPSA) is 63.0 Å². The maximum absolute atomic E-state index is 12.7. The number of ether oxygens (including phenoxy) is 1. The molecule has 0 N–H and O–H groups in total. The Balaban J connectivity index is 1.83. The average Bonchev–Trinajstić information content (AvgIpc) is 3.11. The summed E-state index contributed by atoms with van der Waals surface area (Å²) in [5, 5.41) is 0. The van der Waals surface area contributed by atoms with Gasteiger partial charge in [0.2, 0.25) is 5.91 Å². The number of methoxy groups -OCH3 is 1. The highest BCUT2D eigenvalue weighted by Crippen LogP contribution is 2.30. The van der Waals surface area contributed by atoms with Gasteiger partial charge in [0.25, 0.3) is 5.91 Å².